The summed E-state index contributed by atoms with van der Waals surface area (Å²) in [5.74, 6) is 1.28. The molecule has 0 bridgehead atoms. The molecule has 4 nitrogen and oxygen atoms in total. The molecule has 0 aliphatic rings. The van der Waals surface area contributed by atoms with E-state index in [2.05, 4.69) is 16.8 Å². The minimum absolute atomic E-state index is 0.0102. The van der Waals surface area contributed by atoms with Crippen molar-refractivity contribution in [2.24, 2.45) is 0 Å². The highest BCUT2D eigenvalue weighted by molar-refractivity contribution is 7.98. The fraction of sp³-hybridized carbons (Fsp3) is 0.158. The van der Waals surface area contributed by atoms with Crippen molar-refractivity contribution in [3.05, 3.63) is 82.4 Å². The maximum atomic E-state index is 13.2. The number of benzene rings is 2. The lowest BCUT2D eigenvalue weighted by Crippen LogP contribution is -2.07. The SMILES string of the molecule is C=CCn1c(COc2ccc(F)c(Cl)c2)nnc1SCc1ccccc1Cl. The van der Waals surface area contributed by atoms with Crippen LogP contribution in [0.25, 0.3) is 0 Å². The van der Waals surface area contributed by atoms with Crippen LogP contribution in [0.4, 0.5) is 4.39 Å². The van der Waals surface area contributed by atoms with Crippen molar-refractivity contribution in [1.29, 1.82) is 0 Å². The molecule has 27 heavy (non-hydrogen) atoms. The van der Waals surface area contributed by atoms with E-state index in [0.717, 1.165) is 15.7 Å². The Morgan fingerprint density at radius 3 is 2.70 bits per heavy atom. The fourth-order valence-electron chi connectivity index (χ4n) is 2.32. The van der Waals surface area contributed by atoms with Crippen LogP contribution in [0.1, 0.15) is 11.4 Å². The average Bonchev–Trinajstić information content (AvgIpc) is 3.04. The van der Waals surface area contributed by atoms with E-state index in [1.807, 2.05) is 28.8 Å². The number of halogens is 3. The van der Waals surface area contributed by atoms with Crippen LogP contribution in [0.15, 0.2) is 60.3 Å². The largest absolute Gasteiger partial charge is 0.486 e. The molecule has 0 fully saturated rings. The zero-order valence-electron chi connectivity index (χ0n) is 14.2. The van der Waals surface area contributed by atoms with Gasteiger partial charge in [0.05, 0.1) is 5.02 Å². The highest BCUT2D eigenvalue weighted by Crippen LogP contribution is 2.27. The number of ether oxygens (including phenoxy) is 1. The Bertz CT molecular complexity index is 948. The normalized spacial score (nSPS) is 10.8. The van der Waals surface area contributed by atoms with Gasteiger partial charge in [0.2, 0.25) is 0 Å². The second kappa shape index (κ2) is 9.26. The van der Waals surface area contributed by atoms with Crippen LogP contribution in [-0.2, 0) is 18.9 Å². The first-order valence-electron chi connectivity index (χ1n) is 8.05. The van der Waals surface area contributed by atoms with Crippen LogP contribution in [0.5, 0.6) is 5.75 Å². The summed E-state index contributed by atoms with van der Waals surface area (Å²) in [6.07, 6.45) is 1.77. The van der Waals surface area contributed by atoms with Crippen LogP contribution < -0.4 is 4.74 Å². The summed E-state index contributed by atoms with van der Waals surface area (Å²) in [7, 11) is 0. The summed E-state index contributed by atoms with van der Waals surface area (Å²) in [4.78, 5) is 0. The first-order chi connectivity index (χ1) is 13.1. The quantitative estimate of drug-likeness (QED) is 0.340. The summed E-state index contributed by atoms with van der Waals surface area (Å²) in [5, 5.41) is 9.92. The Kier molecular flexibility index (Phi) is 6.77. The standard InChI is InChI=1S/C19H16Cl2FN3OS/c1-2-9-25-18(11-26-14-7-8-17(22)16(21)10-14)23-24-19(25)27-12-13-5-3-4-6-15(13)20/h2-8,10H,1,9,11-12H2. The summed E-state index contributed by atoms with van der Waals surface area (Å²) in [6, 6.07) is 11.9. The summed E-state index contributed by atoms with van der Waals surface area (Å²) in [6.45, 7) is 4.50. The first kappa shape index (κ1) is 19.7. The topological polar surface area (TPSA) is 39.9 Å². The molecule has 8 heteroatoms. The molecule has 1 aromatic heterocycles. The number of hydrogen-bond donors (Lipinski definition) is 0. The molecule has 0 aliphatic carbocycles. The number of aromatic nitrogens is 3. The van der Waals surface area contributed by atoms with Crippen molar-refractivity contribution in [2.45, 2.75) is 24.1 Å². The molecule has 0 radical (unpaired) electrons. The average molecular weight is 424 g/mol. The molecule has 0 N–H and O–H groups in total. The number of hydrogen-bond acceptors (Lipinski definition) is 4. The smallest absolute Gasteiger partial charge is 0.191 e. The Labute approximate surface area is 171 Å². The second-order valence-electron chi connectivity index (χ2n) is 5.54. The van der Waals surface area contributed by atoms with E-state index in [9.17, 15) is 4.39 Å². The maximum Gasteiger partial charge on any atom is 0.191 e. The van der Waals surface area contributed by atoms with E-state index in [0.29, 0.717) is 23.9 Å². The summed E-state index contributed by atoms with van der Waals surface area (Å²) >= 11 is 13.5. The molecule has 3 aromatic rings. The highest BCUT2D eigenvalue weighted by Gasteiger charge is 2.13. The predicted molar refractivity (Wildman–Crippen MR) is 107 cm³/mol. The van der Waals surface area contributed by atoms with E-state index in [4.69, 9.17) is 27.9 Å². The molecule has 2 aromatic carbocycles. The lowest BCUT2D eigenvalue weighted by Gasteiger charge is -2.10. The van der Waals surface area contributed by atoms with Crippen molar-refractivity contribution in [3.8, 4) is 5.75 Å². The predicted octanol–water partition coefficient (Wildman–Crippen LogP) is 5.78. The van der Waals surface area contributed by atoms with Crippen LogP contribution in [0.2, 0.25) is 10.0 Å². The zero-order chi connectivity index (χ0) is 19.2. The van der Waals surface area contributed by atoms with Crippen molar-refractivity contribution >= 4 is 35.0 Å². The van der Waals surface area contributed by atoms with Crippen LogP contribution >= 0.6 is 35.0 Å². The van der Waals surface area contributed by atoms with Gasteiger partial charge in [0, 0.05) is 23.4 Å². The lowest BCUT2D eigenvalue weighted by molar-refractivity contribution is 0.288. The van der Waals surface area contributed by atoms with E-state index < -0.39 is 5.82 Å². The van der Waals surface area contributed by atoms with Gasteiger partial charge in [-0.05, 0) is 23.8 Å². The molecule has 0 atom stereocenters. The molecule has 3 rings (SSSR count). The lowest BCUT2D eigenvalue weighted by atomic mass is 10.2. The van der Waals surface area contributed by atoms with E-state index in [1.54, 1.807) is 6.08 Å². The molecule has 0 saturated heterocycles. The fourth-order valence-corrected chi connectivity index (χ4v) is 3.74. The van der Waals surface area contributed by atoms with Gasteiger partial charge in [0.15, 0.2) is 11.0 Å². The second-order valence-corrected chi connectivity index (χ2v) is 7.30. The molecule has 0 aliphatic heterocycles. The van der Waals surface area contributed by atoms with E-state index >= 15 is 0 Å². The molecule has 0 unspecified atom stereocenters. The zero-order valence-corrected chi connectivity index (χ0v) is 16.6. The number of nitrogens with zero attached hydrogens (tertiary/aromatic N) is 3. The number of rotatable bonds is 8. The summed E-state index contributed by atoms with van der Waals surface area (Å²) < 4.78 is 20.8. The maximum absolute atomic E-state index is 13.2. The van der Waals surface area contributed by atoms with Gasteiger partial charge in [-0.2, -0.15) is 0 Å². The van der Waals surface area contributed by atoms with Gasteiger partial charge >= 0.3 is 0 Å². The van der Waals surface area contributed by atoms with Gasteiger partial charge in [-0.1, -0.05) is 59.2 Å². The first-order valence-corrected chi connectivity index (χ1v) is 9.79. The van der Waals surface area contributed by atoms with Crippen LogP contribution in [-0.4, -0.2) is 14.8 Å². The van der Waals surface area contributed by atoms with E-state index in [-0.39, 0.29) is 11.6 Å². The minimum atomic E-state index is -0.489. The van der Waals surface area contributed by atoms with Crippen molar-refractivity contribution in [3.63, 3.8) is 0 Å². The molecule has 0 amide bonds. The summed E-state index contributed by atoms with van der Waals surface area (Å²) in [5.41, 5.74) is 1.02. The third kappa shape index (κ3) is 5.03. The molecule has 140 valence electrons. The Morgan fingerprint density at radius 2 is 1.96 bits per heavy atom. The molecule has 1 heterocycles. The molecule has 0 spiro atoms. The van der Waals surface area contributed by atoms with Crippen LogP contribution in [0, 0.1) is 5.82 Å². The van der Waals surface area contributed by atoms with Gasteiger partial charge in [0.1, 0.15) is 18.2 Å². The molecule has 0 saturated carbocycles. The molecular formula is C19H16Cl2FN3OS. The van der Waals surface area contributed by atoms with Crippen molar-refractivity contribution in [1.82, 2.24) is 14.8 Å². The third-order valence-electron chi connectivity index (χ3n) is 3.68. The Morgan fingerprint density at radius 1 is 1.15 bits per heavy atom. The third-order valence-corrected chi connectivity index (χ3v) is 5.35. The van der Waals surface area contributed by atoms with Gasteiger partial charge in [0.25, 0.3) is 0 Å². The minimum Gasteiger partial charge on any atom is -0.486 e. The van der Waals surface area contributed by atoms with Gasteiger partial charge in [-0.3, -0.25) is 4.57 Å². The number of allylic oxidation sites excluding steroid dienone is 1. The monoisotopic (exact) mass is 423 g/mol. The number of thioether (sulfide) groups is 1. The molecular weight excluding hydrogens is 408 g/mol. The van der Waals surface area contributed by atoms with Gasteiger partial charge in [-0.25, -0.2) is 4.39 Å². The Balaban J connectivity index is 1.71. The highest BCUT2D eigenvalue weighted by atomic mass is 35.5. The Hall–Kier alpha value is -2.02. The van der Waals surface area contributed by atoms with E-state index in [1.165, 1.54) is 30.0 Å². The van der Waals surface area contributed by atoms with Crippen LogP contribution in [0.3, 0.4) is 0 Å². The van der Waals surface area contributed by atoms with Gasteiger partial charge in [-0.15, -0.1) is 16.8 Å². The van der Waals surface area contributed by atoms with Crippen molar-refractivity contribution < 1.29 is 9.13 Å². The van der Waals surface area contributed by atoms with Crippen molar-refractivity contribution in [2.75, 3.05) is 0 Å². The van der Waals surface area contributed by atoms with Gasteiger partial charge < -0.3 is 4.74 Å².